The van der Waals surface area contributed by atoms with Gasteiger partial charge in [0.2, 0.25) is 0 Å². The molecule has 158 valence electrons. The minimum absolute atomic E-state index is 0. The van der Waals surface area contributed by atoms with E-state index in [1.54, 1.807) is 0 Å². The molecule has 3 aromatic rings. The zero-order chi connectivity index (χ0) is 20.5. The Morgan fingerprint density at radius 2 is 0.900 bits per heavy atom. The van der Waals surface area contributed by atoms with Gasteiger partial charge in [-0.1, -0.05) is 82.3 Å². The first-order chi connectivity index (χ1) is 13.9. The van der Waals surface area contributed by atoms with E-state index in [1.807, 2.05) is 0 Å². The average Bonchev–Trinajstić information content (AvgIpc) is 2.95. The van der Waals surface area contributed by atoms with Crippen molar-refractivity contribution in [1.29, 1.82) is 0 Å². The van der Waals surface area contributed by atoms with Gasteiger partial charge in [-0.15, -0.1) is 0 Å². The summed E-state index contributed by atoms with van der Waals surface area (Å²) in [7, 11) is -1.76. The molecular formula is C28H34ClP. The molecule has 2 heteroatoms. The van der Waals surface area contributed by atoms with Crippen molar-refractivity contribution >= 4 is 23.2 Å². The topological polar surface area (TPSA) is 0 Å². The standard InChI is InChI=1S/C28H34P.ClH/c1-27(2)20-21-28(3,4)26(27)22-29(23-14-8-5-9-15-23,24-16-10-6-11-17-24)25-18-12-7-13-19-25;/h5-19,26H,20-22H2,1-4H3;1H/q+1;/p-1. The first kappa shape index (κ1) is 23.1. The Bertz CT molecular complexity index is 819. The lowest BCUT2D eigenvalue weighted by Crippen LogP contribution is -3.00. The third-order valence-corrected chi connectivity index (χ3v) is 11.8. The number of hydrogen-bond acceptors (Lipinski definition) is 0. The molecule has 1 fully saturated rings. The van der Waals surface area contributed by atoms with Gasteiger partial charge >= 0.3 is 0 Å². The summed E-state index contributed by atoms with van der Waals surface area (Å²) < 4.78 is 0. The van der Waals surface area contributed by atoms with E-state index in [1.165, 1.54) is 34.9 Å². The van der Waals surface area contributed by atoms with Gasteiger partial charge < -0.3 is 12.4 Å². The lowest BCUT2D eigenvalue weighted by molar-refractivity contribution is -0.00000709. The van der Waals surface area contributed by atoms with E-state index < -0.39 is 7.26 Å². The van der Waals surface area contributed by atoms with E-state index in [0.29, 0.717) is 16.7 Å². The monoisotopic (exact) mass is 436 g/mol. The van der Waals surface area contributed by atoms with Gasteiger partial charge in [0.05, 0.1) is 6.16 Å². The molecule has 0 amide bonds. The normalized spacial score (nSPS) is 18.0. The van der Waals surface area contributed by atoms with Crippen LogP contribution in [0.2, 0.25) is 0 Å². The highest BCUT2D eigenvalue weighted by atomic mass is 35.5. The summed E-state index contributed by atoms with van der Waals surface area (Å²) in [4.78, 5) is 0. The van der Waals surface area contributed by atoms with E-state index in [-0.39, 0.29) is 12.4 Å². The molecule has 3 aromatic carbocycles. The van der Waals surface area contributed by atoms with Gasteiger partial charge in [0.25, 0.3) is 0 Å². The van der Waals surface area contributed by atoms with Crippen molar-refractivity contribution in [3.05, 3.63) is 91.0 Å². The molecule has 1 aliphatic carbocycles. The molecule has 1 aliphatic rings. The van der Waals surface area contributed by atoms with Crippen LogP contribution in [0.3, 0.4) is 0 Å². The number of halogens is 1. The van der Waals surface area contributed by atoms with E-state index in [2.05, 4.69) is 119 Å². The molecule has 4 rings (SSSR count). The molecule has 0 nitrogen and oxygen atoms in total. The average molecular weight is 437 g/mol. The summed E-state index contributed by atoms with van der Waals surface area (Å²) >= 11 is 0. The molecule has 1 saturated carbocycles. The molecule has 0 heterocycles. The maximum atomic E-state index is 2.50. The Kier molecular flexibility index (Phi) is 6.81. The summed E-state index contributed by atoms with van der Waals surface area (Å²) in [5.41, 5.74) is 0.736. The minimum atomic E-state index is -1.76. The van der Waals surface area contributed by atoms with Crippen molar-refractivity contribution in [2.24, 2.45) is 16.7 Å². The highest BCUT2D eigenvalue weighted by Crippen LogP contribution is 2.64. The summed E-state index contributed by atoms with van der Waals surface area (Å²) in [5.74, 6) is 0.684. The van der Waals surface area contributed by atoms with Crippen LogP contribution < -0.4 is 28.3 Å². The zero-order valence-corrected chi connectivity index (χ0v) is 20.3. The predicted octanol–water partition coefficient (Wildman–Crippen LogP) is 3.45. The van der Waals surface area contributed by atoms with Crippen LogP contribution >= 0.6 is 7.26 Å². The molecule has 30 heavy (non-hydrogen) atoms. The third kappa shape index (κ3) is 4.10. The van der Waals surface area contributed by atoms with Crippen molar-refractivity contribution < 1.29 is 12.4 Å². The summed E-state index contributed by atoms with van der Waals surface area (Å²) in [6, 6.07) is 34.1. The summed E-state index contributed by atoms with van der Waals surface area (Å²) in [6.07, 6.45) is 3.89. The molecule has 0 bridgehead atoms. The van der Waals surface area contributed by atoms with Gasteiger partial charge in [-0.2, -0.15) is 0 Å². The predicted molar refractivity (Wildman–Crippen MR) is 130 cm³/mol. The molecular weight excluding hydrogens is 403 g/mol. The minimum Gasteiger partial charge on any atom is -1.00 e. The maximum absolute atomic E-state index is 2.50. The van der Waals surface area contributed by atoms with Gasteiger partial charge in [-0.05, 0) is 60.1 Å². The second-order valence-electron chi connectivity index (χ2n) is 10.0. The molecule has 0 aliphatic heterocycles. The fourth-order valence-corrected chi connectivity index (χ4v) is 10.7. The lowest BCUT2D eigenvalue weighted by Gasteiger charge is -2.39. The Labute approximate surface area is 189 Å². The van der Waals surface area contributed by atoms with Gasteiger partial charge in [0, 0.05) is 5.92 Å². The van der Waals surface area contributed by atoms with Crippen molar-refractivity contribution in [2.45, 2.75) is 40.5 Å². The highest BCUT2D eigenvalue weighted by molar-refractivity contribution is 7.95. The van der Waals surface area contributed by atoms with Crippen molar-refractivity contribution in [2.75, 3.05) is 6.16 Å². The largest absolute Gasteiger partial charge is 1.00 e. The number of hydrogen-bond donors (Lipinski definition) is 0. The fraction of sp³-hybridized carbons (Fsp3) is 0.357. The van der Waals surface area contributed by atoms with Crippen molar-refractivity contribution in [1.82, 2.24) is 0 Å². The molecule has 0 aromatic heterocycles. The van der Waals surface area contributed by atoms with Crippen molar-refractivity contribution in [3.8, 4) is 0 Å². The van der Waals surface area contributed by atoms with Crippen LogP contribution in [0.5, 0.6) is 0 Å². The smallest absolute Gasteiger partial charge is 0.112 e. The molecule has 0 radical (unpaired) electrons. The Balaban J connectivity index is 0.00000256. The fourth-order valence-electron chi connectivity index (χ4n) is 5.63. The Hall–Kier alpha value is -1.62. The number of benzene rings is 3. The molecule has 0 unspecified atom stereocenters. The summed E-state index contributed by atoms with van der Waals surface area (Å²) in [6.45, 7) is 10.0. The van der Waals surface area contributed by atoms with Crippen LogP contribution in [-0.4, -0.2) is 6.16 Å². The van der Waals surface area contributed by atoms with Crippen LogP contribution in [0.25, 0.3) is 0 Å². The van der Waals surface area contributed by atoms with E-state index in [9.17, 15) is 0 Å². The first-order valence-electron chi connectivity index (χ1n) is 10.9. The third-order valence-electron chi connectivity index (χ3n) is 7.35. The molecule has 0 saturated heterocycles. The second-order valence-corrected chi connectivity index (χ2v) is 13.6. The van der Waals surface area contributed by atoms with Crippen LogP contribution in [0.4, 0.5) is 0 Å². The summed E-state index contributed by atoms with van der Waals surface area (Å²) in [5, 5.41) is 4.53. The van der Waals surface area contributed by atoms with Crippen LogP contribution in [0.1, 0.15) is 40.5 Å². The number of rotatable bonds is 5. The second kappa shape index (κ2) is 8.86. The highest BCUT2D eigenvalue weighted by Gasteiger charge is 2.55. The lowest BCUT2D eigenvalue weighted by atomic mass is 9.74. The van der Waals surface area contributed by atoms with Crippen LogP contribution in [-0.2, 0) is 0 Å². The van der Waals surface area contributed by atoms with Gasteiger partial charge in [-0.3, -0.25) is 0 Å². The zero-order valence-electron chi connectivity index (χ0n) is 18.7. The van der Waals surface area contributed by atoms with Gasteiger partial charge in [-0.25, -0.2) is 0 Å². The Morgan fingerprint density at radius 3 is 1.20 bits per heavy atom. The quantitative estimate of drug-likeness (QED) is 0.537. The van der Waals surface area contributed by atoms with E-state index >= 15 is 0 Å². The Morgan fingerprint density at radius 1 is 0.600 bits per heavy atom. The maximum Gasteiger partial charge on any atom is 0.112 e. The van der Waals surface area contributed by atoms with Crippen LogP contribution in [0.15, 0.2) is 91.0 Å². The SMILES string of the molecule is CC1(C)CCC(C)(C)C1C[P+](c1ccccc1)(c1ccccc1)c1ccccc1.[Cl-]. The molecule has 0 atom stereocenters. The first-order valence-corrected chi connectivity index (χ1v) is 12.9. The van der Waals surface area contributed by atoms with E-state index in [4.69, 9.17) is 0 Å². The van der Waals surface area contributed by atoms with Gasteiger partial charge in [0.1, 0.15) is 23.2 Å². The van der Waals surface area contributed by atoms with Crippen LogP contribution in [0, 0.1) is 16.7 Å². The van der Waals surface area contributed by atoms with Crippen molar-refractivity contribution in [3.63, 3.8) is 0 Å². The van der Waals surface area contributed by atoms with E-state index in [0.717, 1.165) is 0 Å². The molecule has 0 N–H and O–H groups in total. The molecule has 0 spiro atoms. The van der Waals surface area contributed by atoms with Gasteiger partial charge in [0.15, 0.2) is 0 Å².